The van der Waals surface area contributed by atoms with Crippen LogP contribution in [0.4, 0.5) is 0 Å². The molecule has 0 bridgehead atoms. The maximum Gasteiger partial charge on any atom is 0.335 e. The minimum Gasteiger partial charge on any atom is -0.478 e. The Bertz CT molecular complexity index is 812. The Morgan fingerprint density at radius 1 is 1.05 bits per heavy atom. The molecular weight excluding hydrogens is 252 g/mol. The van der Waals surface area contributed by atoms with Crippen molar-refractivity contribution in [3.05, 3.63) is 59.9 Å². The average Bonchev–Trinajstić information content (AvgIpc) is 2.46. The van der Waals surface area contributed by atoms with Gasteiger partial charge < -0.3 is 5.11 Å². The highest BCUT2D eigenvalue weighted by Crippen LogP contribution is 2.26. The molecule has 2 aromatic carbocycles. The zero-order chi connectivity index (χ0) is 14.1. The molecule has 0 spiro atoms. The molecule has 4 heteroatoms. The molecule has 0 atom stereocenters. The maximum atomic E-state index is 11.1. The molecule has 98 valence electrons. The van der Waals surface area contributed by atoms with Crippen molar-refractivity contribution < 1.29 is 9.90 Å². The summed E-state index contributed by atoms with van der Waals surface area (Å²) in [6.45, 7) is 1.83. The van der Waals surface area contributed by atoms with Crippen LogP contribution in [-0.4, -0.2) is 21.0 Å². The Morgan fingerprint density at radius 2 is 1.85 bits per heavy atom. The lowest BCUT2D eigenvalue weighted by Crippen LogP contribution is -1.98. The van der Waals surface area contributed by atoms with Gasteiger partial charge in [-0.05, 0) is 25.1 Å². The van der Waals surface area contributed by atoms with Crippen LogP contribution in [0.5, 0.6) is 0 Å². The largest absolute Gasteiger partial charge is 0.478 e. The van der Waals surface area contributed by atoms with Gasteiger partial charge in [-0.1, -0.05) is 30.3 Å². The first-order valence-electron chi connectivity index (χ1n) is 6.22. The van der Waals surface area contributed by atoms with Crippen LogP contribution < -0.4 is 0 Å². The van der Waals surface area contributed by atoms with Gasteiger partial charge >= 0.3 is 5.97 Å². The number of fused-ring (bicyclic) bond motifs is 1. The number of carboxylic acid groups (broad SMARTS) is 1. The summed E-state index contributed by atoms with van der Waals surface area (Å²) >= 11 is 0. The fourth-order valence-corrected chi connectivity index (χ4v) is 2.21. The third-order valence-electron chi connectivity index (χ3n) is 3.10. The van der Waals surface area contributed by atoms with Crippen molar-refractivity contribution in [1.29, 1.82) is 0 Å². The van der Waals surface area contributed by atoms with Crippen molar-refractivity contribution in [2.24, 2.45) is 0 Å². The van der Waals surface area contributed by atoms with Crippen molar-refractivity contribution in [2.45, 2.75) is 6.92 Å². The van der Waals surface area contributed by atoms with E-state index in [1.165, 1.54) is 0 Å². The average molecular weight is 264 g/mol. The normalized spacial score (nSPS) is 10.7. The number of para-hydroxylation sites is 1. The minimum atomic E-state index is -0.943. The molecule has 0 radical (unpaired) electrons. The van der Waals surface area contributed by atoms with E-state index in [1.807, 2.05) is 37.3 Å². The zero-order valence-electron chi connectivity index (χ0n) is 10.9. The Hall–Kier alpha value is -2.75. The number of nitrogens with zero attached hydrogens (tertiary/aromatic N) is 2. The number of carbonyl (C=O) groups is 1. The zero-order valence-corrected chi connectivity index (χ0v) is 10.9. The number of carboxylic acids is 1. The molecular formula is C16H12N2O2. The van der Waals surface area contributed by atoms with Gasteiger partial charge in [0.05, 0.1) is 16.8 Å². The lowest BCUT2D eigenvalue weighted by atomic mass is 10.0. The number of hydrogen-bond acceptors (Lipinski definition) is 3. The van der Waals surface area contributed by atoms with Gasteiger partial charge in [0.1, 0.15) is 5.82 Å². The van der Waals surface area contributed by atoms with Crippen LogP contribution in [0, 0.1) is 6.92 Å². The first kappa shape index (κ1) is 12.3. The van der Waals surface area contributed by atoms with E-state index >= 15 is 0 Å². The van der Waals surface area contributed by atoms with Gasteiger partial charge in [0.15, 0.2) is 0 Å². The van der Waals surface area contributed by atoms with Gasteiger partial charge in [0.25, 0.3) is 0 Å². The van der Waals surface area contributed by atoms with Gasteiger partial charge in [-0.2, -0.15) is 0 Å². The van der Waals surface area contributed by atoms with Gasteiger partial charge in [0.2, 0.25) is 0 Å². The fourth-order valence-electron chi connectivity index (χ4n) is 2.21. The quantitative estimate of drug-likeness (QED) is 0.771. The molecule has 3 aromatic rings. The summed E-state index contributed by atoms with van der Waals surface area (Å²) in [5.74, 6) is -0.277. The Labute approximate surface area is 115 Å². The summed E-state index contributed by atoms with van der Waals surface area (Å²) in [6, 6.07) is 14.5. The van der Waals surface area contributed by atoms with Crippen LogP contribution in [0.15, 0.2) is 48.5 Å². The highest BCUT2D eigenvalue weighted by Gasteiger charge is 2.10. The van der Waals surface area contributed by atoms with E-state index in [0.29, 0.717) is 5.82 Å². The maximum absolute atomic E-state index is 11.1. The molecule has 0 unspecified atom stereocenters. The molecule has 20 heavy (non-hydrogen) atoms. The predicted molar refractivity (Wildman–Crippen MR) is 76.7 cm³/mol. The highest BCUT2D eigenvalue weighted by atomic mass is 16.4. The summed E-state index contributed by atoms with van der Waals surface area (Å²) in [4.78, 5) is 19.9. The molecule has 0 amide bonds. The Balaban J connectivity index is 2.29. The van der Waals surface area contributed by atoms with Crippen LogP contribution in [0.1, 0.15) is 16.2 Å². The third-order valence-corrected chi connectivity index (χ3v) is 3.10. The SMILES string of the molecule is Cc1nc(-c2cccc(C(=O)O)c2)c2ccccc2n1. The van der Waals surface area contributed by atoms with Gasteiger partial charge in [0, 0.05) is 10.9 Å². The molecule has 1 heterocycles. The van der Waals surface area contributed by atoms with Crippen molar-refractivity contribution in [2.75, 3.05) is 0 Å². The van der Waals surface area contributed by atoms with Crippen molar-refractivity contribution in [1.82, 2.24) is 9.97 Å². The number of aromatic carboxylic acids is 1. The molecule has 3 rings (SSSR count). The number of aryl methyl sites for hydroxylation is 1. The van der Waals surface area contributed by atoms with E-state index in [1.54, 1.807) is 18.2 Å². The molecule has 4 nitrogen and oxygen atoms in total. The number of hydrogen-bond donors (Lipinski definition) is 1. The number of rotatable bonds is 2. The highest BCUT2D eigenvalue weighted by molar-refractivity contribution is 5.94. The monoisotopic (exact) mass is 264 g/mol. The fraction of sp³-hybridized carbons (Fsp3) is 0.0625. The summed E-state index contributed by atoms with van der Waals surface area (Å²) in [5.41, 5.74) is 2.65. The first-order valence-corrected chi connectivity index (χ1v) is 6.22. The summed E-state index contributed by atoms with van der Waals surface area (Å²) in [5, 5.41) is 10.0. The van der Waals surface area contributed by atoms with Crippen molar-refractivity contribution in [3.8, 4) is 11.3 Å². The Kier molecular flexibility index (Phi) is 2.91. The standard InChI is InChI=1S/C16H12N2O2/c1-10-17-14-8-3-2-7-13(14)15(18-10)11-5-4-6-12(9-11)16(19)20/h2-9H,1H3,(H,19,20). The van der Waals surface area contributed by atoms with E-state index < -0.39 is 5.97 Å². The van der Waals surface area contributed by atoms with Gasteiger partial charge in [-0.15, -0.1) is 0 Å². The van der Waals surface area contributed by atoms with E-state index in [2.05, 4.69) is 9.97 Å². The predicted octanol–water partition coefficient (Wildman–Crippen LogP) is 3.30. The first-order chi connectivity index (χ1) is 9.65. The lowest BCUT2D eigenvalue weighted by molar-refractivity contribution is 0.0697. The Morgan fingerprint density at radius 3 is 2.65 bits per heavy atom. The van der Waals surface area contributed by atoms with Crippen molar-refractivity contribution >= 4 is 16.9 Å². The molecule has 1 aromatic heterocycles. The topological polar surface area (TPSA) is 63.1 Å². The molecule has 0 aliphatic rings. The van der Waals surface area contributed by atoms with Crippen LogP contribution in [-0.2, 0) is 0 Å². The van der Waals surface area contributed by atoms with Gasteiger partial charge in [-0.3, -0.25) is 0 Å². The van der Waals surface area contributed by atoms with E-state index in [4.69, 9.17) is 5.11 Å². The smallest absolute Gasteiger partial charge is 0.335 e. The third kappa shape index (κ3) is 2.12. The second kappa shape index (κ2) is 4.74. The number of benzene rings is 2. The molecule has 1 N–H and O–H groups in total. The summed E-state index contributed by atoms with van der Waals surface area (Å²) in [6.07, 6.45) is 0. The van der Waals surface area contributed by atoms with Crippen molar-refractivity contribution in [3.63, 3.8) is 0 Å². The second-order valence-corrected chi connectivity index (χ2v) is 4.52. The molecule has 0 saturated carbocycles. The van der Waals surface area contributed by atoms with Gasteiger partial charge in [-0.25, -0.2) is 14.8 Å². The van der Waals surface area contributed by atoms with E-state index in [9.17, 15) is 4.79 Å². The number of aromatic nitrogens is 2. The second-order valence-electron chi connectivity index (χ2n) is 4.52. The van der Waals surface area contributed by atoms with Crippen LogP contribution in [0.3, 0.4) is 0 Å². The lowest BCUT2D eigenvalue weighted by Gasteiger charge is -2.07. The summed E-state index contributed by atoms with van der Waals surface area (Å²) in [7, 11) is 0. The van der Waals surface area contributed by atoms with Crippen LogP contribution in [0.2, 0.25) is 0 Å². The molecule has 0 fully saturated rings. The molecule has 0 aliphatic heterocycles. The van der Waals surface area contributed by atoms with Crippen LogP contribution >= 0.6 is 0 Å². The molecule has 0 saturated heterocycles. The van der Waals surface area contributed by atoms with E-state index in [0.717, 1.165) is 22.2 Å². The van der Waals surface area contributed by atoms with E-state index in [-0.39, 0.29) is 5.56 Å². The minimum absolute atomic E-state index is 0.253. The van der Waals surface area contributed by atoms with Crippen LogP contribution in [0.25, 0.3) is 22.2 Å². The molecule has 0 aliphatic carbocycles. The summed E-state index contributed by atoms with van der Waals surface area (Å²) < 4.78 is 0.